The summed E-state index contributed by atoms with van der Waals surface area (Å²) in [7, 11) is 4.09. The fraction of sp³-hybridized carbons (Fsp3) is 0.308. The number of allylic oxidation sites excluding steroid dienone is 3. The molecule has 2 aliphatic rings. The third kappa shape index (κ3) is 3.58. The molecule has 1 N–H and O–H groups in total. The van der Waals surface area contributed by atoms with E-state index in [1.807, 2.05) is 32.5 Å². The first-order valence-electron chi connectivity index (χ1n) is 10.5. The molecule has 4 rings (SSSR count). The summed E-state index contributed by atoms with van der Waals surface area (Å²) in [6.45, 7) is 4.28. The summed E-state index contributed by atoms with van der Waals surface area (Å²) in [6.07, 6.45) is 12.2. The van der Waals surface area contributed by atoms with Crippen LogP contribution in [0.2, 0.25) is 0 Å². The van der Waals surface area contributed by atoms with Crippen LogP contribution < -0.4 is 10.5 Å². The quantitative estimate of drug-likeness (QED) is 0.588. The predicted octanol–water partition coefficient (Wildman–Crippen LogP) is 4.89. The molecule has 0 aliphatic heterocycles. The Kier molecular flexibility index (Phi) is 5.33. The van der Waals surface area contributed by atoms with E-state index in [4.69, 9.17) is 4.99 Å². The molecule has 2 bridgehead atoms. The van der Waals surface area contributed by atoms with Gasteiger partial charge >= 0.3 is 0 Å². The molecule has 4 nitrogen and oxygen atoms in total. The number of H-pyrrole nitrogens is 1. The van der Waals surface area contributed by atoms with Crippen molar-refractivity contribution < 1.29 is 0 Å². The maximum absolute atomic E-state index is 11.9. The zero-order valence-electron chi connectivity index (χ0n) is 18.1. The molecule has 0 saturated carbocycles. The van der Waals surface area contributed by atoms with E-state index in [0.29, 0.717) is 0 Å². The lowest BCUT2D eigenvalue weighted by Gasteiger charge is -2.45. The first kappa shape index (κ1) is 20.1. The van der Waals surface area contributed by atoms with Crippen LogP contribution in [0, 0.1) is 5.92 Å². The number of pyridine rings is 1. The number of aromatic nitrogens is 1. The number of aromatic amines is 1. The lowest BCUT2D eigenvalue weighted by atomic mass is 9.63. The smallest absolute Gasteiger partial charge is 0.248 e. The van der Waals surface area contributed by atoms with Crippen molar-refractivity contribution >= 4 is 18.0 Å². The van der Waals surface area contributed by atoms with E-state index in [9.17, 15) is 4.79 Å². The van der Waals surface area contributed by atoms with Crippen LogP contribution in [-0.4, -0.2) is 25.3 Å². The van der Waals surface area contributed by atoms with Crippen molar-refractivity contribution in [1.82, 2.24) is 4.98 Å². The Bertz CT molecular complexity index is 1130. The van der Waals surface area contributed by atoms with Crippen molar-refractivity contribution in [2.24, 2.45) is 10.9 Å². The van der Waals surface area contributed by atoms with Crippen LogP contribution in [0.4, 0.5) is 5.69 Å². The van der Waals surface area contributed by atoms with Crippen molar-refractivity contribution in [1.29, 1.82) is 0 Å². The third-order valence-corrected chi connectivity index (χ3v) is 6.13. The SMILES string of the molecule is CC=C1[C@H]2C=C(C)C[C@]1(N=CC=Cc1cccc(N(C)C)c1)c1ccc(=O)[nH]c1C2. The van der Waals surface area contributed by atoms with E-state index in [2.05, 4.69) is 66.2 Å². The summed E-state index contributed by atoms with van der Waals surface area (Å²) in [6, 6.07) is 12.0. The molecule has 0 fully saturated rings. The molecule has 1 heterocycles. The molecule has 4 heteroatoms. The van der Waals surface area contributed by atoms with Crippen LogP contribution >= 0.6 is 0 Å². The lowest BCUT2D eigenvalue weighted by molar-refractivity contribution is 0.413. The Balaban J connectivity index is 1.73. The highest BCUT2D eigenvalue weighted by molar-refractivity contribution is 5.80. The van der Waals surface area contributed by atoms with Crippen LogP contribution in [0.1, 0.15) is 37.1 Å². The molecule has 0 saturated heterocycles. The van der Waals surface area contributed by atoms with Crippen molar-refractivity contribution in [2.45, 2.75) is 32.2 Å². The van der Waals surface area contributed by atoms with Gasteiger partial charge in [0.15, 0.2) is 0 Å². The van der Waals surface area contributed by atoms with Crippen molar-refractivity contribution in [3.8, 4) is 0 Å². The van der Waals surface area contributed by atoms with Crippen LogP contribution in [-0.2, 0) is 12.0 Å². The normalized spacial score (nSPS) is 24.3. The second-order valence-electron chi connectivity index (χ2n) is 8.45. The summed E-state index contributed by atoms with van der Waals surface area (Å²) >= 11 is 0. The Morgan fingerprint density at radius 3 is 2.83 bits per heavy atom. The molecule has 1 aromatic heterocycles. The molecular formula is C26H29N3O. The summed E-state index contributed by atoms with van der Waals surface area (Å²) in [5.41, 5.74) is 6.64. The number of rotatable bonds is 4. The number of benzene rings is 1. The Morgan fingerprint density at radius 2 is 2.07 bits per heavy atom. The maximum atomic E-state index is 11.9. The van der Waals surface area contributed by atoms with E-state index in [1.54, 1.807) is 6.07 Å². The first-order chi connectivity index (χ1) is 14.4. The molecule has 0 spiro atoms. The highest BCUT2D eigenvalue weighted by Gasteiger charge is 2.46. The van der Waals surface area contributed by atoms with Crippen molar-refractivity contribution in [2.75, 3.05) is 19.0 Å². The maximum Gasteiger partial charge on any atom is 0.248 e. The van der Waals surface area contributed by atoms with Crippen LogP contribution in [0.5, 0.6) is 0 Å². The third-order valence-electron chi connectivity index (χ3n) is 6.13. The molecule has 0 radical (unpaired) electrons. The molecule has 0 amide bonds. The Morgan fingerprint density at radius 1 is 1.23 bits per heavy atom. The predicted molar refractivity (Wildman–Crippen MR) is 126 cm³/mol. The monoisotopic (exact) mass is 399 g/mol. The van der Waals surface area contributed by atoms with E-state index >= 15 is 0 Å². The number of fused-ring (bicyclic) bond motifs is 4. The van der Waals surface area contributed by atoms with E-state index in [-0.39, 0.29) is 11.5 Å². The lowest BCUT2D eigenvalue weighted by Crippen LogP contribution is -2.40. The fourth-order valence-electron chi connectivity index (χ4n) is 4.88. The van der Waals surface area contributed by atoms with Crippen molar-refractivity contribution in [3.05, 3.63) is 92.9 Å². The summed E-state index contributed by atoms with van der Waals surface area (Å²) in [5.74, 6) is 0.284. The van der Waals surface area contributed by atoms with Crippen LogP contribution in [0.25, 0.3) is 6.08 Å². The fourth-order valence-corrected chi connectivity index (χ4v) is 4.88. The van der Waals surface area contributed by atoms with Gasteiger partial charge in [-0.15, -0.1) is 0 Å². The van der Waals surface area contributed by atoms with E-state index in [1.165, 1.54) is 16.8 Å². The number of anilines is 1. The van der Waals surface area contributed by atoms with E-state index < -0.39 is 5.54 Å². The largest absolute Gasteiger partial charge is 0.378 e. The van der Waals surface area contributed by atoms with Gasteiger partial charge in [-0.25, -0.2) is 0 Å². The number of aliphatic imine (C=N–C) groups is 1. The Hall–Kier alpha value is -3.14. The molecule has 30 heavy (non-hydrogen) atoms. The average Bonchev–Trinajstić information content (AvgIpc) is 2.70. The van der Waals surface area contributed by atoms with Gasteiger partial charge in [0.2, 0.25) is 5.56 Å². The highest BCUT2D eigenvalue weighted by Crippen LogP contribution is 2.51. The minimum atomic E-state index is -0.439. The Labute approximate surface area is 178 Å². The van der Waals surface area contributed by atoms with Gasteiger partial charge in [0.05, 0.1) is 0 Å². The highest BCUT2D eigenvalue weighted by atomic mass is 16.1. The summed E-state index contributed by atoms with van der Waals surface area (Å²) in [4.78, 5) is 22.2. The number of nitrogens with zero attached hydrogens (tertiary/aromatic N) is 2. The van der Waals surface area contributed by atoms with Crippen LogP contribution in [0.15, 0.2) is 75.6 Å². The zero-order chi connectivity index (χ0) is 21.3. The van der Waals surface area contributed by atoms with Gasteiger partial charge in [-0.05, 0) is 55.7 Å². The topological polar surface area (TPSA) is 48.5 Å². The van der Waals surface area contributed by atoms with Crippen molar-refractivity contribution in [3.63, 3.8) is 0 Å². The zero-order valence-corrected chi connectivity index (χ0v) is 18.1. The minimum absolute atomic E-state index is 0.0451. The summed E-state index contributed by atoms with van der Waals surface area (Å²) in [5, 5.41) is 0. The molecule has 2 atom stereocenters. The van der Waals surface area contributed by atoms with Crippen LogP contribution in [0.3, 0.4) is 0 Å². The summed E-state index contributed by atoms with van der Waals surface area (Å²) < 4.78 is 0. The number of hydrogen-bond donors (Lipinski definition) is 1. The minimum Gasteiger partial charge on any atom is -0.378 e. The number of nitrogens with one attached hydrogen (secondary N) is 1. The van der Waals surface area contributed by atoms with Gasteiger partial charge in [-0.2, -0.15) is 0 Å². The van der Waals surface area contributed by atoms with E-state index in [0.717, 1.165) is 29.7 Å². The second kappa shape index (κ2) is 7.94. The van der Waals surface area contributed by atoms with Gasteiger partial charge in [0, 0.05) is 55.7 Å². The molecular weight excluding hydrogens is 370 g/mol. The first-order valence-corrected chi connectivity index (χ1v) is 10.5. The molecule has 1 aromatic carbocycles. The second-order valence-corrected chi connectivity index (χ2v) is 8.45. The van der Waals surface area contributed by atoms with Gasteiger partial charge in [0.1, 0.15) is 5.54 Å². The van der Waals surface area contributed by atoms with Gasteiger partial charge in [-0.3, -0.25) is 9.79 Å². The molecule has 0 unspecified atom stereocenters. The van der Waals surface area contributed by atoms with Gasteiger partial charge < -0.3 is 9.88 Å². The molecule has 2 aromatic rings. The molecule has 154 valence electrons. The molecule has 2 aliphatic carbocycles. The van der Waals surface area contributed by atoms with Gasteiger partial charge in [0.25, 0.3) is 0 Å². The standard InChI is InChI=1S/C26H29N3O/c1-5-22-20-14-18(2)17-26(22,23-11-12-25(30)28-24(23)16-20)27-13-7-9-19-8-6-10-21(15-19)29(3)4/h5-15,20H,16-17H2,1-4H3,(H,28,30)/t20-,26+/m0/s1. The number of hydrogen-bond acceptors (Lipinski definition) is 3. The average molecular weight is 400 g/mol. The van der Waals surface area contributed by atoms with Gasteiger partial charge in [-0.1, -0.05) is 35.9 Å².